The number of rotatable bonds is 17. The quantitative estimate of drug-likeness (QED) is 0.152. The Bertz CT molecular complexity index is 1160. The molecular weight excluding hydrogens is 560 g/mol. The number of carboxylic acid groups (broad SMARTS) is 1. The van der Waals surface area contributed by atoms with Crippen LogP contribution in [-0.2, 0) is 36.9 Å². The average Bonchev–Trinajstić information content (AvgIpc) is 2.97. The lowest BCUT2D eigenvalue weighted by Gasteiger charge is -2.25. The Morgan fingerprint density at radius 2 is 1.36 bits per heavy atom. The van der Waals surface area contributed by atoms with E-state index in [9.17, 15) is 24.0 Å². The number of hydrogen-bond acceptors (Lipinski definition) is 7. The van der Waals surface area contributed by atoms with Crippen LogP contribution in [0.4, 0.5) is 4.79 Å². The molecule has 0 bridgehead atoms. The molecule has 0 unspecified atom stereocenters. The van der Waals surface area contributed by atoms with Crippen LogP contribution < -0.4 is 21.3 Å². The normalized spacial score (nSPS) is 12.9. The number of thiol groups is 1. The topological polar surface area (TPSA) is 163 Å². The van der Waals surface area contributed by atoms with Gasteiger partial charge < -0.3 is 31.1 Å². The summed E-state index contributed by atoms with van der Waals surface area (Å²) < 4.78 is 5.18. The highest BCUT2D eigenvalue weighted by Crippen LogP contribution is 2.09. The second kappa shape index (κ2) is 18.4. The molecule has 0 heterocycles. The highest BCUT2D eigenvalue weighted by atomic mass is 32.1. The molecular formula is C30H40N4O7S. The number of hydrogen-bond donors (Lipinski definition) is 6. The van der Waals surface area contributed by atoms with Crippen molar-refractivity contribution in [3.05, 3.63) is 71.8 Å². The van der Waals surface area contributed by atoms with E-state index >= 15 is 0 Å². The van der Waals surface area contributed by atoms with Gasteiger partial charge in [-0.1, -0.05) is 74.5 Å². The Morgan fingerprint density at radius 1 is 0.786 bits per heavy atom. The molecule has 0 aromatic heterocycles. The van der Waals surface area contributed by atoms with Gasteiger partial charge in [-0.3, -0.25) is 19.2 Å². The van der Waals surface area contributed by atoms with Crippen molar-refractivity contribution in [2.45, 2.75) is 64.3 Å². The fraction of sp³-hybridized carbons (Fsp3) is 0.433. The molecule has 5 N–H and O–H groups in total. The highest BCUT2D eigenvalue weighted by molar-refractivity contribution is 7.80. The summed E-state index contributed by atoms with van der Waals surface area (Å²) in [4.78, 5) is 62.7. The molecule has 2 aromatic rings. The third kappa shape index (κ3) is 13.1. The van der Waals surface area contributed by atoms with Crippen molar-refractivity contribution in [2.75, 3.05) is 12.3 Å². The van der Waals surface area contributed by atoms with Crippen molar-refractivity contribution in [2.24, 2.45) is 5.92 Å². The second-order valence-corrected chi connectivity index (χ2v) is 10.5. The van der Waals surface area contributed by atoms with E-state index in [4.69, 9.17) is 9.84 Å². The Hall–Kier alpha value is -4.06. The first-order valence-corrected chi connectivity index (χ1v) is 14.4. The van der Waals surface area contributed by atoms with Crippen LogP contribution in [0.3, 0.4) is 0 Å². The summed E-state index contributed by atoms with van der Waals surface area (Å²) in [6.07, 6.45) is -0.679. The number of benzene rings is 2. The monoisotopic (exact) mass is 600 g/mol. The van der Waals surface area contributed by atoms with Gasteiger partial charge in [0.1, 0.15) is 24.7 Å². The lowest BCUT2D eigenvalue weighted by atomic mass is 10.0. The summed E-state index contributed by atoms with van der Waals surface area (Å²) in [6, 6.07) is 15.3. The van der Waals surface area contributed by atoms with Gasteiger partial charge in [0.2, 0.25) is 17.7 Å². The molecule has 0 saturated carbocycles. The van der Waals surface area contributed by atoms with Gasteiger partial charge in [-0.2, -0.15) is 12.6 Å². The number of nitrogens with one attached hydrogen (secondary N) is 4. The largest absolute Gasteiger partial charge is 0.481 e. The summed E-state index contributed by atoms with van der Waals surface area (Å²) >= 11 is 4.21. The maximum absolute atomic E-state index is 13.2. The van der Waals surface area contributed by atoms with Crippen molar-refractivity contribution in [1.29, 1.82) is 0 Å². The van der Waals surface area contributed by atoms with E-state index in [0.29, 0.717) is 13.0 Å². The van der Waals surface area contributed by atoms with Crippen LogP contribution in [0.1, 0.15) is 44.2 Å². The minimum atomic E-state index is -1.27. The molecule has 0 aliphatic carbocycles. The molecule has 4 amide bonds. The van der Waals surface area contributed by atoms with Gasteiger partial charge in [-0.05, 0) is 36.3 Å². The molecule has 11 nitrogen and oxygen atoms in total. The zero-order valence-electron chi connectivity index (χ0n) is 23.9. The number of ether oxygens (including phenoxy) is 1. The summed E-state index contributed by atoms with van der Waals surface area (Å²) in [7, 11) is 0. The second-order valence-electron chi connectivity index (χ2n) is 10.2. The van der Waals surface area contributed by atoms with Gasteiger partial charge in [0.25, 0.3) is 0 Å². The predicted octanol–water partition coefficient (Wildman–Crippen LogP) is 2.45. The van der Waals surface area contributed by atoms with E-state index in [1.54, 1.807) is 24.3 Å². The van der Waals surface area contributed by atoms with E-state index in [1.807, 2.05) is 50.2 Å². The minimum absolute atomic E-state index is 0.0172. The highest BCUT2D eigenvalue weighted by Gasteiger charge is 2.30. The van der Waals surface area contributed by atoms with Crippen molar-refractivity contribution < 1.29 is 33.8 Å². The van der Waals surface area contributed by atoms with Crippen LogP contribution in [0.15, 0.2) is 60.7 Å². The maximum Gasteiger partial charge on any atom is 0.408 e. The van der Waals surface area contributed by atoms with Crippen LogP contribution >= 0.6 is 12.6 Å². The maximum atomic E-state index is 13.2. The third-order valence-electron chi connectivity index (χ3n) is 6.18. The first-order valence-electron chi connectivity index (χ1n) is 13.8. The number of amides is 4. The van der Waals surface area contributed by atoms with Gasteiger partial charge in [-0.25, -0.2) is 4.79 Å². The van der Waals surface area contributed by atoms with Crippen LogP contribution in [0.5, 0.6) is 0 Å². The van der Waals surface area contributed by atoms with Crippen LogP contribution in [0.25, 0.3) is 0 Å². The van der Waals surface area contributed by atoms with Crippen LogP contribution in [-0.4, -0.2) is 65.3 Å². The number of carbonyl (C=O) groups is 5. The van der Waals surface area contributed by atoms with Gasteiger partial charge >= 0.3 is 12.1 Å². The lowest BCUT2D eigenvalue weighted by molar-refractivity contribution is -0.137. The number of carbonyl (C=O) groups excluding carboxylic acids is 4. The average molecular weight is 601 g/mol. The Kier molecular flexibility index (Phi) is 14.9. The van der Waals surface area contributed by atoms with E-state index in [-0.39, 0.29) is 31.1 Å². The predicted molar refractivity (Wildman–Crippen MR) is 161 cm³/mol. The van der Waals surface area contributed by atoms with Crippen molar-refractivity contribution in [1.82, 2.24) is 21.3 Å². The van der Waals surface area contributed by atoms with Crippen molar-refractivity contribution in [3.63, 3.8) is 0 Å². The standard InChI is InChI=1S/C30H40N4O7S/c1-20(2)17-24(29(39)33-25(19-42)27(37)31-16-15-21-9-5-3-6-10-21)32-28(38)23(13-14-26(35)36)34-30(40)41-18-22-11-7-4-8-12-22/h3-12,20,23-25,42H,13-19H2,1-2H3,(H,31,37)(H,32,38)(H,33,39)(H,34,40)(H,35,36)/t23-,24-,25-/m0/s1. The fourth-order valence-corrected chi connectivity index (χ4v) is 4.24. The Morgan fingerprint density at radius 3 is 1.93 bits per heavy atom. The van der Waals surface area contributed by atoms with E-state index in [0.717, 1.165) is 11.1 Å². The van der Waals surface area contributed by atoms with Crippen LogP contribution in [0.2, 0.25) is 0 Å². The van der Waals surface area contributed by atoms with Crippen LogP contribution in [0, 0.1) is 5.92 Å². The zero-order chi connectivity index (χ0) is 30.9. The molecule has 42 heavy (non-hydrogen) atoms. The zero-order valence-corrected chi connectivity index (χ0v) is 24.8. The van der Waals surface area contributed by atoms with Gasteiger partial charge in [0.15, 0.2) is 0 Å². The fourth-order valence-electron chi connectivity index (χ4n) is 3.98. The number of alkyl carbamates (subject to hydrolysis) is 1. The molecule has 2 rings (SSSR count). The summed E-state index contributed by atoms with van der Waals surface area (Å²) in [5.74, 6) is -2.90. The number of aliphatic carboxylic acids is 1. The molecule has 0 aliphatic heterocycles. The van der Waals surface area contributed by atoms with Crippen molar-refractivity contribution in [3.8, 4) is 0 Å². The SMILES string of the molecule is CC(C)C[C@H](NC(=O)[C@H](CCC(=O)O)NC(=O)OCc1ccccc1)C(=O)N[C@@H](CS)C(=O)NCCc1ccccc1. The Balaban J connectivity index is 2.01. The molecule has 2 aromatic carbocycles. The summed E-state index contributed by atoms with van der Waals surface area (Å²) in [5.41, 5.74) is 1.79. The number of carboxylic acids is 1. The van der Waals surface area contributed by atoms with Gasteiger partial charge in [-0.15, -0.1) is 0 Å². The lowest BCUT2D eigenvalue weighted by Crippen LogP contribution is -2.57. The molecule has 0 radical (unpaired) electrons. The van der Waals surface area contributed by atoms with Gasteiger partial charge in [0, 0.05) is 18.7 Å². The Labute approximate surface area is 251 Å². The summed E-state index contributed by atoms with van der Waals surface area (Å²) in [6.45, 7) is 4.04. The minimum Gasteiger partial charge on any atom is -0.481 e. The molecule has 3 atom stereocenters. The third-order valence-corrected chi connectivity index (χ3v) is 6.54. The van der Waals surface area contributed by atoms with E-state index in [1.165, 1.54) is 0 Å². The molecule has 0 aliphatic rings. The van der Waals surface area contributed by atoms with E-state index in [2.05, 4.69) is 33.9 Å². The van der Waals surface area contributed by atoms with Crippen molar-refractivity contribution >= 4 is 42.4 Å². The molecule has 12 heteroatoms. The van der Waals surface area contributed by atoms with E-state index < -0.39 is 54.3 Å². The molecule has 0 saturated heterocycles. The molecule has 228 valence electrons. The first kappa shape index (κ1) is 34.1. The molecule has 0 spiro atoms. The summed E-state index contributed by atoms with van der Waals surface area (Å²) in [5, 5.41) is 19.6. The first-order chi connectivity index (χ1) is 20.1. The van der Waals surface area contributed by atoms with Gasteiger partial charge in [0.05, 0.1) is 0 Å². The smallest absolute Gasteiger partial charge is 0.408 e. The molecule has 0 fully saturated rings.